The van der Waals surface area contributed by atoms with Crippen molar-refractivity contribution < 1.29 is 28.2 Å². The third-order valence-electron chi connectivity index (χ3n) is 7.59. The van der Waals surface area contributed by atoms with Crippen LogP contribution in [0.3, 0.4) is 0 Å². The third kappa shape index (κ3) is 7.57. The molecule has 0 bridgehead atoms. The number of amides is 2. The molecule has 0 radical (unpaired) electrons. The van der Waals surface area contributed by atoms with E-state index < -0.39 is 23.5 Å². The third-order valence-corrected chi connectivity index (χ3v) is 8.76. The van der Waals surface area contributed by atoms with Crippen LogP contribution in [-0.4, -0.2) is 52.7 Å². The van der Waals surface area contributed by atoms with Gasteiger partial charge in [-0.15, -0.1) is 11.8 Å². The molecular weight excluding hydrogens is 595 g/mol. The molecule has 5 rings (SSSR count). The lowest BCUT2D eigenvalue weighted by atomic mass is 10.1. The number of halogens is 1. The second-order valence-corrected chi connectivity index (χ2v) is 13.5. The number of hydrogen-bond donors (Lipinski definition) is 1. The maximum absolute atomic E-state index is 14.3. The quantitative estimate of drug-likeness (QED) is 0.287. The van der Waals surface area contributed by atoms with Gasteiger partial charge in [-0.05, 0) is 75.2 Å². The lowest BCUT2D eigenvalue weighted by molar-refractivity contribution is -0.155. The summed E-state index contributed by atoms with van der Waals surface area (Å²) in [5.41, 5.74) is 7.89. The van der Waals surface area contributed by atoms with Crippen LogP contribution in [0.5, 0.6) is 5.75 Å². The van der Waals surface area contributed by atoms with Gasteiger partial charge in [0.15, 0.2) is 0 Å². The minimum atomic E-state index is -0.957. The maximum atomic E-state index is 14.3. The van der Waals surface area contributed by atoms with E-state index in [2.05, 4.69) is 0 Å². The van der Waals surface area contributed by atoms with Crippen LogP contribution in [0.4, 0.5) is 10.1 Å². The molecule has 2 amide bonds. The first-order valence-corrected chi connectivity index (χ1v) is 15.6. The molecule has 3 aromatic carbocycles. The van der Waals surface area contributed by atoms with Gasteiger partial charge in [0.1, 0.15) is 29.8 Å². The van der Waals surface area contributed by atoms with Crippen LogP contribution in [-0.2, 0) is 27.5 Å². The Morgan fingerprint density at radius 1 is 1.13 bits per heavy atom. The van der Waals surface area contributed by atoms with Crippen molar-refractivity contribution in [3.63, 3.8) is 0 Å². The summed E-state index contributed by atoms with van der Waals surface area (Å²) in [6.07, 6.45) is 0.0209. The standard InChI is InChI=1S/C34H35FN4O5S/c1-34(2,3)44-31(40)14-13-29(32(37)41)39-19-26-25(33(39)42)5-4-6-30(26)43-20-21-7-10-23(11-8-21)45-24-17-38(18-24)28-12-9-22(16-36)15-27(28)35/h4-12,15,24,29H,13-14,17-20H2,1-3H3,(H2,37,41)/t29-/m0/s1. The Kier molecular flexibility index (Phi) is 9.34. The van der Waals surface area contributed by atoms with Gasteiger partial charge in [0.2, 0.25) is 5.91 Å². The van der Waals surface area contributed by atoms with E-state index in [1.165, 1.54) is 11.0 Å². The monoisotopic (exact) mass is 630 g/mol. The molecular formula is C34H35FN4O5S. The highest BCUT2D eigenvalue weighted by molar-refractivity contribution is 8.00. The predicted molar refractivity (Wildman–Crippen MR) is 168 cm³/mol. The summed E-state index contributed by atoms with van der Waals surface area (Å²) in [7, 11) is 0. The number of esters is 1. The molecule has 2 N–H and O–H groups in total. The molecule has 0 spiro atoms. The first-order valence-electron chi connectivity index (χ1n) is 14.7. The van der Waals surface area contributed by atoms with Crippen LogP contribution in [0.2, 0.25) is 0 Å². The second-order valence-electron chi connectivity index (χ2n) is 12.1. The average molecular weight is 631 g/mol. The molecule has 234 valence electrons. The molecule has 0 aliphatic carbocycles. The summed E-state index contributed by atoms with van der Waals surface area (Å²) in [6.45, 7) is 7.14. The van der Waals surface area contributed by atoms with E-state index in [9.17, 15) is 18.8 Å². The summed E-state index contributed by atoms with van der Waals surface area (Å²) in [5.74, 6) is -1.31. The largest absolute Gasteiger partial charge is 0.489 e. The Bertz CT molecular complexity index is 1640. The van der Waals surface area contributed by atoms with Crippen molar-refractivity contribution >= 4 is 35.2 Å². The Balaban J connectivity index is 1.15. The molecule has 0 unspecified atom stereocenters. The highest BCUT2D eigenvalue weighted by atomic mass is 32.2. The molecule has 9 nitrogen and oxygen atoms in total. The molecule has 45 heavy (non-hydrogen) atoms. The van der Waals surface area contributed by atoms with Gasteiger partial charge >= 0.3 is 5.97 Å². The summed E-state index contributed by atoms with van der Waals surface area (Å²) in [4.78, 5) is 42.3. The summed E-state index contributed by atoms with van der Waals surface area (Å²) < 4.78 is 25.8. The number of fused-ring (bicyclic) bond motifs is 1. The minimum absolute atomic E-state index is 0.0443. The van der Waals surface area contributed by atoms with E-state index in [-0.39, 0.29) is 37.7 Å². The van der Waals surface area contributed by atoms with Gasteiger partial charge in [-0.1, -0.05) is 18.2 Å². The van der Waals surface area contributed by atoms with Gasteiger partial charge in [0, 0.05) is 40.8 Å². The van der Waals surface area contributed by atoms with Crippen molar-refractivity contribution in [1.82, 2.24) is 4.90 Å². The van der Waals surface area contributed by atoms with Gasteiger partial charge in [0.05, 0.1) is 23.9 Å². The summed E-state index contributed by atoms with van der Waals surface area (Å²) >= 11 is 1.73. The lowest BCUT2D eigenvalue weighted by Gasteiger charge is -2.40. The zero-order chi connectivity index (χ0) is 32.3. The summed E-state index contributed by atoms with van der Waals surface area (Å²) in [6, 6.07) is 18.8. The molecule has 1 fully saturated rings. The Morgan fingerprint density at radius 3 is 2.51 bits per heavy atom. The number of primary amides is 1. The van der Waals surface area contributed by atoms with E-state index in [0.29, 0.717) is 46.5 Å². The molecule has 2 aliphatic rings. The highest BCUT2D eigenvalue weighted by Crippen LogP contribution is 2.35. The van der Waals surface area contributed by atoms with Crippen molar-refractivity contribution in [2.24, 2.45) is 5.73 Å². The summed E-state index contributed by atoms with van der Waals surface area (Å²) in [5, 5.41) is 9.27. The first-order chi connectivity index (χ1) is 21.4. The van der Waals surface area contributed by atoms with Crippen LogP contribution in [0.25, 0.3) is 0 Å². The fourth-order valence-corrected chi connectivity index (χ4v) is 6.56. The van der Waals surface area contributed by atoms with Crippen molar-refractivity contribution in [3.05, 3.63) is 88.7 Å². The Morgan fingerprint density at radius 2 is 1.87 bits per heavy atom. The average Bonchev–Trinajstić information content (AvgIpc) is 3.30. The van der Waals surface area contributed by atoms with Crippen LogP contribution < -0.4 is 15.4 Å². The zero-order valence-corrected chi connectivity index (χ0v) is 26.2. The molecule has 0 saturated carbocycles. The van der Waals surface area contributed by atoms with E-state index >= 15 is 0 Å². The minimum Gasteiger partial charge on any atom is -0.489 e. The number of carbonyl (C=O) groups excluding carboxylic acids is 3. The molecule has 11 heteroatoms. The molecule has 3 aromatic rings. The van der Waals surface area contributed by atoms with Crippen molar-refractivity contribution in [2.45, 2.75) is 68.6 Å². The van der Waals surface area contributed by atoms with Crippen LogP contribution in [0, 0.1) is 17.1 Å². The highest BCUT2D eigenvalue weighted by Gasteiger charge is 2.37. The number of nitrogens with two attached hydrogens (primary N) is 1. The van der Waals surface area contributed by atoms with Gasteiger partial charge in [-0.3, -0.25) is 14.4 Å². The van der Waals surface area contributed by atoms with Crippen LogP contribution >= 0.6 is 11.8 Å². The van der Waals surface area contributed by atoms with E-state index in [0.717, 1.165) is 10.5 Å². The van der Waals surface area contributed by atoms with E-state index in [1.54, 1.807) is 62.9 Å². The van der Waals surface area contributed by atoms with Gasteiger partial charge in [-0.25, -0.2) is 4.39 Å². The van der Waals surface area contributed by atoms with E-state index in [1.807, 2.05) is 35.2 Å². The van der Waals surface area contributed by atoms with Crippen LogP contribution in [0.15, 0.2) is 65.6 Å². The molecule has 1 saturated heterocycles. The number of benzene rings is 3. The maximum Gasteiger partial charge on any atom is 0.306 e. The molecule has 2 heterocycles. The predicted octanol–water partition coefficient (Wildman–Crippen LogP) is 5.19. The van der Waals surface area contributed by atoms with Gasteiger partial charge < -0.3 is 25.0 Å². The number of anilines is 1. The van der Waals surface area contributed by atoms with Gasteiger partial charge in [0.25, 0.3) is 5.91 Å². The number of hydrogen-bond acceptors (Lipinski definition) is 8. The molecule has 1 atom stereocenters. The number of carbonyl (C=O) groups is 3. The number of ether oxygens (including phenoxy) is 2. The normalized spacial score (nSPS) is 15.2. The Hall–Kier alpha value is -4.56. The smallest absolute Gasteiger partial charge is 0.306 e. The van der Waals surface area contributed by atoms with E-state index in [4.69, 9.17) is 20.5 Å². The van der Waals surface area contributed by atoms with Crippen molar-refractivity contribution in [3.8, 4) is 11.8 Å². The second kappa shape index (κ2) is 13.2. The first kappa shape index (κ1) is 31.9. The number of nitriles is 1. The van der Waals surface area contributed by atoms with Gasteiger partial charge in [-0.2, -0.15) is 5.26 Å². The lowest BCUT2D eigenvalue weighted by Crippen LogP contribution is -2.49. The fraction of sp³-hybridized carbons (Fsp3) is 0.353. The molecule has 2 aliphatic heterocycles. The molecule has 0 aromatic heterocycles. The number of nitrogens with zero attached hydrogens (tertiary/aromatic N) is 3. The van der Waals surface area contributed by atoms with Crippen molar-refractivity contribution in [2.75, 3.05) is 18.0 Å². The topological polar surface area (TPSA) is 126 Å². The van der Waals surface area contributed by atoms with Crippen molar-refractivity contribution in [1.29, 1.82) is 5.26 Å². The Labute approximate surface area is 266 Å². The van der Waals surface area contributed by atoms with Crippen LogP contribution in [0.1, 0.15) is 60.7 Å². The number of rotatable bonds is 11. The zero-order valence-electron chi connectivity index (χ0n) is 25.4. The number of thioether (sulfide) groups is 1. The SMILES string of the molecule is CC(C)(C)OC(=O)CC[C@@H](C(N)=O)N1Cc2c(OCc3ccc(SC4CN(c5ccc(C#N)cc5F)C4)cc3)cccc2C1=O. The fourth-order valence-electron chi connectivity index (χ4n) is 5.37.